The van der Waals surface area contributed by atoms with Crippen LogP contribution in [-0.2, 0) is 0 Å². The van der Waals surface area contributed by atoms with Crippen LogP contribution in [0, 0.1) is 6.57 Å². The third kappa shape index (κ3) is 2.15. The van der Waals surface area contributed by atoms with Crippen molar-refractivity contribution in [2.24, 2.45) is 0 Å². The zero-order chi connectivity index (χ0) is 8.10. The lowest BCUT2D eigenvalue weighted by atomic mass is 10.2. The van der Waals surface area contributed by atoms with Gasteiger partial charge in [0, 0.05) is 0 Å². The second kappa shape index (κ2) is 3.43. The first-order valence-electron chi connectivity index (χ1n) is 3.15. The largest absolute Gasteiger partial charge is 0.508 e. The fourth-order valence-corrected chi connectivity index (χ4v) is 0.709. The average Bonchev–Trinajstić information content (AvgIpc) is 2.04. The summed E-state index contributed by atoms with van der Waals surface area (Å²) in [6.07, 6.45) is 3.07. The first kappa shape index (κ1) is 7.36. The predicted octanol–water partition coefficient (Wildman–Crippen LogP) is 2.28. The summed E-state index contributed by atoms with van der Waals surface area (Å²) in [5.74, 6) is 0.241. The van der Waals surface area contributed by atoms with Crippen LogP contribution in [0.25, 0.3) is 10.9 Å². The molecule has 0 aliphatic heterocycles. The van der Waals surface area contributed by atoms with Crippen LogP contribution in [-0.4, -0.2) is 5.11 Å². The number of aromatic hydroxyl groups is 1. The van der Waals surface area contributed by atoms with Crippen LogP contribution in [0.5, 0.6) is 5.75 Å². The van der Waals surface area contributed by atoms with E-state index in [1.165, 1.54) is 6.20 Å². The minimum absolute atomic E-state index is 0.241. The lowest BCUT2D eigenvalue weighted by molar-refractivity contribution is 0.475. The maximum absolute atomic E-state index is 8.90. The van der Waals surface area contributed by atoms with Gasteiger partial charge < -0.3 is 5.11 Å². The molecule has 0 aliphatic rings. The van der Waals surface area contributed by atoms with Crippen LogP contribution in [0.4, 0.5) is 0 Å². The van der Waals surface area contributed by atoms with Crippen LogP contribution in [0.15, 0.2) is 30.5 Å². The Bertz CT molecular complexity index is 292. The number of rotatable bonds is 1. The molecular weight excluding hydrogens is 138 g/mol. The molecule has 1 N–H and O–H groups in total. The van der Waals surface area contributed by atoms with Gasteiger partial charge in [-0.2, -0.15) is 0 Å². The molecule has 0 saturated heterocycles. The van der Waals surface area contributed by atoms with E-state index in [9.17, 15) is 0 Å². The van der Waals surface area contributed by atoms with Crippen molar-refractivity contribution in [1.82, 2.24) is 0 Å². The van der Waals surface area contributed by atoms with Gasteiger partial charge in [-0.05, 0) is 17.7 Å². The third-order valence-corrected chi connectivity index (χ3v) is 1.23. The summed E-state index contributed by atoms with van der Waals surface area (Å²) in [6, 6.07) is 6.67. The Morgan fingerprint density at radius 2 is 1.91 bits per heavy atom. The van der Waals surface area contributed by atoms with E-state index in [2.05, 4.69) is 4.85 Å². The van der Waals surface area contributed by atoms with Crippen LogP contribution in [0.3, 0.4) is 0 Å². The highest BCUT2D eigenvalue weighted by Crippen LogP contribution is 2.10. The Hall–Kier alpha value is -1.75. The average molecular weight is 145 g/mol. The zero-order valence-electron chi connectivity index (χ0n) is 5.86. The second-order valence-electron chi connectivity index (χ2n) is 2.04. The number of nitrogens with zero attached hydrogens (tertiary/aromatic N) is 1. The third-order valence-electron chi connectivity index (χ3n) is 1.23. The first-order valence-corrected chi connectivity index (χ1v) is 3.15. The molecule has 0 atom stereocenters. The number of phenols is 1. The Morgan fingerprint density at radius 1 is 1.27 bits per heavy atom. The Kier molecular flexibility index (Phi) is 2.29. The van der Waals surface area contributed by atoms with E-state index in [0.717, 1.165) is 5.56 Å². The van der Waals surface area contributed by atoms with Crippen molar-refractivity contribution in [3.63, 3.8) is 0 Å². The fraction of sp³-hybridized carbons (Fsp3) is 0. The lowest BCUT2D eigenvalue weighted by Gasteiger charge is -1.91. The van der Waals surface area contributed by atoms with Crippen molar-refractivity contribution in [2.75, 3.05) is 0 Å². The minimum atomic E-state index is 0.241. The topological polar surface area (TPSA) is 24.6 Å². The van der Waals surface area contributed by atoms with Gasteiger partial charge in [0.15, 0.2) is 6.20 Å². The van der Waals surface area contributed by atoms with E-state index in [0.29, 0.717) is 0 Å². The monoisotopic (exact) mass is 145 g/mol. The number of benzene rings is 1. The normalized spacial score (nSPS) is 9.73. The number of phenolic OH excluding ortho intramolecular Hbond substituents is 1. The van der Waals surface area contributed by atoms with Crippen LogP contribution >= 0.6 is 0 Å². The molecule has 2 heteroatoms. The van der Waals surface area contributed by atoms with E-state index in [4.69, 9.17) is 11.7 Å². The summed E-state index contributed by atoms with van der Waals surface area (Å²) in [5, 5.41) is 8.90. The maximum Gasteiger partial charge on any atom is 0.154 e. The molecule has 0 radical (unpaired) electrons. The molecule has 0 saturated carbocycles. The van der Waals surface area contributed by atoms with E-state index in [-0.39, 0.29) is 5.75 Å². The highest BCUT2D eigenvalue weighted by Gasteiger charge is 1.85. The summed E-state index contributed by atoms with van der Waals surface area (Å²) in [5.41, 5.74) is 0.916. The highest BCUT2D eigenvalue weighted by atomic mass is 16.3. The molecular formula is C9H7NO. The van der Waals surface area contributed by atoms with E-state index >= 15 is 0 Å². The van der Waals surface area contributed by atoms with Gasteiger partial charge in [0.2, 0.25) is 0 Å². The number of hydrogen-bond acceptors (Lipinski definition) is 1. The summed E-state index contributed by atoms with van der Waals surface area (Å²) in [7, 11) is 0. The van der Waals surface area contributed by atoms with Gasteiger partial charge in [-0.15, -0.1) is 0 Å². The molecule has 0 unspecified atom stereocenters. The molecule has 0 fully saturated rings. The van der Waals surface area contributed by atoms with Crippen LogP contribution < -0.4 is 0 Å². The van der Waals surface area contributed by atoms with Gasteiger partial charge in [-0.1, -0.05) is 18.2 Å². The Labute approximate surface area is 65.2 Å². The number of hydrogen-bond donors (Lipinski definition) is 1. The Morgan fingerprint density at radius 3 is 2.45 bits per heavy atom. The van der Waals surface area contributed by atoms with Crippen molar-refractivity contribution in [2.45, 2.75) is 0 Å². The maximum atomic E-state index is 8.90. The van der Waals surface area contributed by atoms with Crippen molar-refractivity contribution in [3.8, 4) is 5.75 Å². The van der Waals surface area contributed by atoms with E-state index in [1.54, 1.807) is 30.3 Å². The molecule has 0 aliphatic carbocycles. The van der Waals surface area contributed by atoms with Crippen molar-refractivity contribution < 1.29 is 5.11 Å². The summed E-state index contributed by atoms with van der Waals surface area (Å²) in [4.78, 5) is 3.06. The van der Waals surface area contributed by atoms with Crippen molar-refractivity contribution >= 4 is 6.08 Å². The zero-order valence-corrected chi connectivity index (χ0v) is 5.86. The standard InChI is InChI=1S/C9H7NO/c1-10-7-6-8-2-4-9(11)5-3-8/h2-7,11H. The smallest absolute Gasteiger partial charge is 0.154 e. The predicted molar refractivity (Wildman–Crippen MR) is 43.7 cm³/mol. The van der Waals surface area contributed by atoms with Gasteiger partial charge in [0.25, 0.3) is 0 Å². The molecule has 0 heterocycles. The highest BCUT2D eigenvalue weighted by molar-refractivity contribution is 5.51. The van der Waals surface area contributed by atoms with Crippen LogP contribution in [0.2, 0.25) is 0 Å². The Balaban J connectivity index is 2.84. The molecule has 0 spiro atoms. The van der Waals surface area contributed by atoms with Crippen molar-refractivity contribution in [1.29, 1.82) is 0 Å². The summed E-state index contributed by atoms with van der Waals surface area (Å²) >= 11 is 0. The van der Waals surface area contributed by atoms with Gasteiger partial charge in [-0.3, -0.25) is 0 Å². The lowest BCUT2D eigenvalue weighted by Crippen LogP contribution is -1.68. The second-order valence-corrected chi connectivity index (χ2v) is 2.04. The van der Waals surface area contributed by atoms with Crippen LogP contribution in [0.1, 0.15) is 5.56 Å². The molecule has 0 amide bonds. The first-order chi connectivity index (χ1) is 5.33. The van der Waals surface area contributed by atoms with Gasteiger partial charge in [0.05, 0.1) is 6.57 Å². The molecule has 1 aromatic rings. The van der Waals surface area contributed by atoms with Gasteiger partial charge in [-0.25, -0.2) is 4.85 Å². The van der Waals surface area contributed by atoms with Gasteiger partial charge >= 0.3 is 0 Å². The summed E-state index contributed by atoms with van der Waals surface area (Å²) in [6.45, 7) is 6.48. The van der Waals surface area contributed by atoms with Crippen molar-refractivity contribution in [3.05, 3.63) is 47.4 Å². The summed E-state index contributed by atoms with van der Waals surface area (Å²) < 4.78 is 0. The molecule has 11 heavy (non-hydrogen) atoms. The molecule has 0 bridgehead atoms. The van der Waals surface area contributed by atoms with Gasteiger partial charge in [0.1, 0.15) is 5.75 Å². The molecule has 0 aromatic heterocycles. The van der Waals surface area contributed by atoms with E-state index in [1.807, 2.05) is 0 Å². The quantitative estimate of drug-likeness (QED) is 0.602. The van der Waals surface area contributed by atoms with E-state index < -0.39 is 0 Å². The fourth-order valence-electron chi connectivity index (χ4n) is 0.709. The molecule has 1 rings (SSSR count). The molecule has 54 valence electrons. The molecule has 1 aromatic carbocycles. The minimum Gasteiger partial charge on any atom is -0.508 e. The molecule has 2 nitrogen and oxygen atoms in total. The SMILES string of the molecule is [C-]#[N+]C=Cc1ccc(O)cc1.